The van der Waals surface area contributed by atoms with Gasteiger partial charge in [0.25, 0.3) is 0 Å². The molecule has 2 rings (SSSR count). The van der Waals surface area contributed by atoms with Crippen molar-refractivity contribution in [2.24, 2.45) is 0 Å². The minimum absolute atomic E-state index is 0.306. The molecule has 0 saturated heterocycles. The van der Waals surface area contributed by atoms with Gasteiger partial charge >= 0.3 is 0 Å². The molecule has 2 aromatic carbocycles. The maximum atomic E-state index is 6.25. The molecule has 0 aromatic heterocycles. The molecular formula is C18H22ClN. The van der Waals surface area contributed by atoms with Gasteiger partial charge in [0.1, 0.15) is 0 Å². The van der Waals surface area contributed by atoms with E-state index in [0.29, 0.717) is 6.04 Å². The Morgan fingerprint density at radius 2 is 1.75 bits per heavy atom. The van der Waals surface area contributed by atoms with Gasteiger partial charge in [-0.1, -0.05) is 60.5 Å². The van der Waals surface area contributed by atoms with Gasteiger partial charge in [-0.15, -0.1) is 0 Å². The summed E-state index contributed by atoms with van der Waals surface area (Å²) in [5.74, 6) is 0. The van der Waals surface area contributed by atoms with Crippen molar-refractivity contribution in [1.82, 2.24) is 5.32 Å². The highest BCUT2D eigenvalue weighted by Crippen LogP contribution is 2.24. The second kappa shape index (κ2) is 6.92. The van der Waals surface area contributed by atoms with E-state index < -0.39 is 0 Å². The van der Waals surface area contributed by atoms with Crippen molar-refractivity contribution in [2.75, 3.05) is 6.54 Å². The number of nitrogens with one attached hydrogen (secondary N) is 1. The van der Waals surface area contributed by atoms with Crippen LogP contribution in [-0.2, 0) is 6.42 Å². The van der Waals surface area contributed by atoms with E-state index in [0.717, 1.165) is 23.6 Å². The molecule has 20 heavy (non-hydrogen) atoms. The Bertz CT molecular complexity index is 560. The molecule has 2 heteroatoms. The molecule has 0 radical (unpaired) electrons. The van der Waals surface area contributed by atoms with Gasteiger partial charge in [-0.2, -0.15) is 0 Å². The highest BCUT2D eigenvalue weighted by Gasteiger charge is 2.12. The molecule has 2 aromatic rings. The zero-order valence-corrected chi connectivity index (χ0v) is 13.2. The van der Waals surface area contributed by atoms with E-state index in [1.54, 1.807) is 0 Å². The van der Waals surface area contributed by atoms with Crippen molar-refractivity contribution in [3.05, 3.63) is 69.7 Å². The van der Waals surface area contributed by atoms with Crippen LogP contribution in [0.5, 0.6) is 0 Å². The van der Waals surface area contributed by atoms with Gasteiger partial charge in [-0.25, -0.2) is 0 Å². The lowest BCUT2D eigenvalue weighted by Crippen LogP contribution is -2.23. The van der Waals surface area contributed by atoms with Gasteiger partial charge in [-0.05, 0) is 49.6 Å². The molecule has 106 valence electrons. The Hall–Kier alpha value is -1.31. The molecule has 1 N–H and O–H groups in total. The van der Waals surface area contributed by atoms with Crippen molar-refractivity contribution < 1.29 is 0 Å². The number of benzene rings is 2. The van der Waals surface area contributed by atoms with Gasteiger partial charge in [0.05, 0.1) is 0 Å². The lowest BCUT2D eigenvalue weighted by atomic mass is 9.97. The van der Waals surface area contributed by atoms with Gasteiger partial charge in [0, 0.05) is 11.1 Å². The lowest BCUT2D eigenvalue weighted by Gasteiger charge is -2.19. The Balaban J connectivity index is 2.21. The average Bonchev–Trinajstić information content (AvgIpc) is 2.44. The highest BCUT2D eigenvalue weighted by molar-refractivity contribution is 6.31. The zero-order valence-electron chi connectivity index (χ0n) is 12.4. The van der Waals surface area contributed by atoms with Crippen LogP contribution in [0.2, 0.25) is 5.02 Å². The van der Waals surface area contributed by atoms with E-state index in [1.807, 2.05) is 6.92 Å². The van der Waals surface area contributed by atoms with Crippen LogP contribution in [0.25, 0.3) is 0 Å². The maximum absolute atomic E-state index is 6.25. The topological polar surface area (TPSA) is 12.0 Å². The van der Waals surface area contributed by atoms with E-state index >= 15 is 0 Å². The van der Waals surface area contributed by atoms with Crippen LogP contribution >= 0.6 is 11.6 Å². The minimum Gasteiger partial charge on any atom is -0.310 e. The molecule has 0 amide bonds. The predicted molar refractivity (Wildman–Crippen MR) is 87.5 cm³/mol. The van der Waals surface area contributed by atoms with Crippen LogP contribution in [0.15, 0.2) is 42.5 Å². The van der Waals surface area contributed by atoms with Crippen molar-refractivity contribution >= 4 is 11.6 Å². The molecule has 0 aliphatic heterocycles. The quantitative estimate of drug-likeness (QED) is 0.829. The summed E-state index contributed by atoms with van der Waals surface area (Å²) in [5.41, 5.74) is 5.02. The Morgan fingerprint density at radius 1 is 1.05 bits per heavy atom. The Kier molecular flexibility index (Phi) is 5.22. The first-order valence-electron chi connectivity index (χ1n) is 7.15. The SMILES string of the molecule is CCNC(Cc1ccc(C)cc1)c1ccc(C)c(Cl)c1. The van der Waals surface area contributed by atoms with Gasteiger partial charge in [0.15, 0.2) is 0 Å². The highest BCUT2D eigenvalue weighted by atomic mass is 35.5. The van der Waals surface area contributed by atoms with Crippen LogP contribution in [0.4, 0.5) is 0 Å². The third-order valence-corrected chi connectivity index (χ3v) is 4.02. The van der Waals surface area contributed by atoms with Gasteiger partial charge < -0.3 is 5.32 Å². The number of halogens is 1. The van der Waals surface area contributed by atoms with E-state index in [2.05, 4.69) is 61.6 Å². The fourth-order valence-corrected chi connectivity index (χ4v) is 2.53. The van der Waals surface area contributed by atoms with Crippen LogP contribution in [0, 0.1) is 13.8 Å². The number of likely N-dealkylation sites (N-methyl/N-ethyl adjacent to an activating group) is 1. The summed E-state index contributed by atoms with van der Waals surface area (Å²) in [6, 6.07) is 15.4. The normalized spacial score (nSPS) is 12.4. The Morgan fingerprint density at radius 3 is 2.35 bits per heavy atom. The summed E-state index contributed by atoms with van der Waals surface area (Å²) in [7, 11) is 0. The van der Waals surface area contributed by atoms with E-state index in [9.17, 15) is 0 Å². The summed E-state index contributed by atoms with van der Waals surface area (Å²) in [6.07, 6.45) is 0.980. The molecular weight excluding hydrogens is 266 g/mol. The van der Waals surface area contributed by atoms with Gasteiger partial charge in [-0.3, -0.25) is 0 Å². The van der Waals surface area contributed by atoms with Gasteiger partial charge in [0.2, 0.25) is 0 Å². The predicted octanol–water partition coefficient (Wildman–Crippen LogP) is 4.85. The van der Waals surface area contributed by atoms with Crippen LogP contribution in [-0.4, -0.2) is 6.54 Å². The fourth-order valence-electron chi connectivity index (χ4n) is 2.34. The molecule has 1 unspecified atom stereocenters. The second-order valence-electron chi connectivity index (χ2n) is 5.31. The first-order chi connectivity index (χ1) is 9.60. The van der Waals surface area contributed by atoms with Crippen molar-refractivity contribution in [1.29, 1.82) is 0 Å². The molecule has 1 nitrogen and oxygen atoms in total. The number of aryl methyl sites for hydroxylation is 2. The molecule has 0 heterocycles. The molecule has 0 saturated carbocycles. The average molecular weight is 288 g/mol. The molecule has 0 aliphatic carbocycles. The summed E-state index contributed by atoms with van der Waals surface area (Å²) in [4.78, 5) is 0. The van der Waals surface area contributed by atoms with E-state index in [4.69, 9.17) is 11.6 Å². The minimum atomic E-state index is 0.306. The third-order valence-electron chi connectivity index (χ3n) is 3.61. The van der Waals surface area contributed by atoms with Crippen LogP contribution in [0.3, 0.4) is 0 Å². The van der Waals surface area contributed by atoms with Crippen molar-refractivity contribution in [3.63, 3.8) is 0 Å². The van der Waals surface area contributed by atoms with E-state index in [1.165, 1.54) is 16.7 Å². The van der Waals surface area contributed by atoms with Crippen molar-refractivity contribution in [3.8, 4) is 0 Å². The second-order valence-corrected chi connectivity index (χ2v) is 5.72. The smallest absolute Gasteiger partial charge is 0.0438 e. The summed E-state index contributed by atoms with van der Waals surface area (Å²) < 4.78 is 0. The number of rotatable bonds is 5. The number of hydrogen-bond donors (Lipinski definition) is 1. The van der Waals surface area contributed by atoms with E-state index in [-0.39, 0.29) is 0 Å². The lowest BCUT2D eigenvalue weighted by molar-refractivity contribution is 0.550. The summed E-state index contributed by atoms with van der Waals surface area (Å²) in [6.45, 7) is 7.24. The summed E-state index contributed by atoms with van der Waals surface area (Å²) >= 11 is 6.25. The summed E-state index contributed by atoms with van der Waals surface area (Å²) in [5, 5.41) is 4.39. The Labute approximate surface area is 127 Å². The maximum Gasteiger partial charge on any atom is 0.0438 e. The zero-order chi connectivity index (χ0) is 14.5. The first kappa shape index (κ1) is 15.1. The fraction of sp³-hybridized carbons (Fsp3) is 0.333. The molecule has 0 fully saturated rings. The molecule has 0 bridgehead atoms. The standard InChI is InChI=1S/C18H22ClN/c1-4-20-18(11-15-8-5-13(2)6-9-15)16-10-7-14(3)17(19)12-16/h5-10,12,18,20H,4,11H2,1-3H3. The third kappa shape index (κ3) is 3.84. The van der Waals surface area contributed by atoms with Crippen LogP contribution < -0.4 is 5.32 Å². The first-order valence-corrected chi connectivity index (χ1v) is 7.53. The molecule has 0 aliphatic rings. The largest absolute Gasteiger partial charge is 0.310 e. The number of hydrogen-bond acceptors (Lipinski definition) is 1. The van der Waals surface area contributed by atoms with Crippen LogP contribution in [0.1, 0.15) is 35.2 Å². The van der Waals surface area contributed by atoms with Crippen molar-refractivity contribution in [2.45, 2.75) is 33.2 Å². The molecule has 1 atom stereocenters. The monoisotopic (exact) mass is 287 g/mol. The molecule has 0 spiro atoms.